The number of pyridine rings is 1. The number of hydrogen-bond donors (Lipinski definition) is 1. The van der Waals surface area contributed by atoms with Gasteiger partial charge in [0.15, 0.2) is 0 Å². The van der Waals surface area contributed by atoms with Gasteiger partial charge in [0.25, 0.3) is 5.69 Å². The molecule has 6 heteroatoms. The van der Waals surface area contributed by atoms with E-state index in [0.717, 1.165) is 22.3 Å². The maximum absolute atomic E-state index is 10.9. The second-order valence-electron chi connectivity index (χ2n) is 4.75. The van der Waals surface area contributed by atoms with E-state index < -0.39 is 0 Å². The first-order valence-corrected chi connectivity index (χ1v) is 7.38. The van der Waals surface area contributed by atoms with Crippen LogP contribution in [0.3, 0.4) is 0 Å². The molecular weight excluding hydrogens is 286 g/mol. The molecule has 0 unspecified atom stereocenters. The molecule has 0 atom stereocenters. The number of nitro benzene ring substituents is 1. The topological polar surface area (TPSA) is 68.1 Å². The second kappa shape index (κ2) is 5.49. The van der Waals surface area contributed by atoms with Crippen LogP contribution in [-0.2, 0) is 6.54 Å². The first-order chi connectivity index (χ1) is 10.1. The van der Waals surface area contributed by atoms with Crippen molar-refractivity contribution in [3.8, 4) is 0 Å². The fraction of sp³-hybridized carbons (Fsp3) is 0.133. The van der Waals surface area contributed by atoms with E-state index in [0.29, 0.717) is 6.54 Å². The first-order valence-electron chi connectivity index (χ1n) is 6.44. The van der Waals surface area contributed by atoms with Crippen LogP contribution in [0.25, 0.3) is 10.9 Å². The summed E-state index contributed by atoms with van der Waals surface area (Å²) in [5.41, 5.74) is 3.77. The summed E-state index contributed by atoms with van der Waals surface area (Å²) < 4.78 is 0. The normalized spacial score (nSPS) is 10.7. The molecule has 1 N–H and O–H groups in total. The lowest BCUT2D eigenvalue weighted by Gasteiger charge is -2.10. The molecule has 21 heavy (non-hydrogen) atoms. The highest BCUT2D eigenvalue weighted by atomic mass is 32.1. The Morgan fingerprint density at radius 1 is 1.33 bits per heavy atom. The van der Waals surface area contributed by atoms with Gasteiger partial charge < -0.3 is 5.32 Å². The molecule has 0 saturated carbocycles. The zero-order valence-electron chi connectivity index (χ0n) is 11.4. The number of nitrogens with one attached hydrogen (secondary N) is 1. The zero-order valence-corrected chi connectivity index (χ0v) is 12.2. The molecule has 5 nitrogen and oxygen atoms in total. The Morgan fingerprint density at radius 3 is 2.90 bits per heavy atom. The number of anilines is 1. The Bertz CT molecular complexity index is 800. The molecule has 2 aromatic heterocycles. The Kier molecular flexibility index (Phi) is 3.53. The molecular formula is C15H13N3O2S. The van der Waals surface area contributed by atoms with Gasteiger partial charge in [0.1, 0.15) is 0 Å². The lowest BCUT2D eigenvalue weighted by atomic mass is 10.1. The number of nitrogens with zero attached hydrogens (tertiary/aromatic N) is 2. The van der Waals surface area contributed by atoms with E-state index in [2.05, 4.69) is 21.7 Å². The van der Waals surface area contributed by atoms with Crippen LogP contribution in [0.1, 0.15) is 11.3 Å². The van der Waals surface area contributed by atoms with Crippen LogP contribution in [0, 0.1) is 17.0 Å². The minimum atomic E-state index is -0.387. The molecule has 0 radical (unpaired) electrons. The summed E-state index contributed by atoms with van der Waals surface area (Å²) in [5.74, 6) is 0. The minimum Gasteiger partial charge on any atom is -0.380 e. The Balaban J connectivity index is 2.02. The van der Waals surface area contributed by atoms with Gasteiger partial charge in [0.05, 0.1) is 10.4 Å². The van der Waals surface area contributed by atoms with Crippen molar-refractivity contribution in [2.45, 2.75) is 13.5 Å². The Labute approximate surface area is 125 Å². The highest BCUT2D eigenvalue weighted by Crippen LogP contribution is 2.27. The number of non-ortho nitro benzene ring substituents is 1. The van der Waals surface area contributed by atoms with Crippen molar-refractivity contribution >= 4 is 33.6 Å². The number of benzene rings is 1. The largest absolute Gasteiger partial charge is 0.380 e. The monoisotopic (exact) mass is 299 g/mol. The van der Waals surface area contributed by atoms with Crippen LogP contribution in [0.15, 0.2) is 41.1 Å². The molecule has 0 fully saturated rings. The van der Waals surface area contributed by atoms with Crippen molar-refractivity contribution in [3.05, 3.63) is 62.5 Å². The molecule has 0 saturated heterocycles. The minimum absolute atomic E-state index is 0.0757. The molecule has 0 aliphatic rings. The van der Waals surface area contributed by atoms with E-state index in [9.17, 15) is 10.1 Å². The summed E-state index contributed by atoms with van der Waals surface area (Å²) in [6.45, 7) is 2.60. The summed E-state index contributed by atoms with van der Waals surface area (Å²) in [7, 11) is 0. The molecule has 2 heterocycles. The predicted octanol–water partition coefficient (Wildman–Crippen LogP) is 4.13. The number of rotatable bonds is 4. The van der Waals surface area contributed by atoms with Crippen LogP contribution in [0.4, 0.5) is 11.4 Å². The van der Waals surface area contributed by atoms with Gasteiger partial charge in [-0.3, -0.25) is 15.1 Å². The van der Waals surface area contributed by atoms with E-state index in [-0.39, 0.29) is 10.6 Å². The van der Waals surface area contributed by atoms with Crippen molar-refractivity contribution in [3.63, 3.8) is 0 Å². The highest BCUT2D eigenvalue weighted by molar-refractivity contribution is 7.07. The standard InChI is InChI=1S/C15H13N3O2S/c1-10-6-15(16-8-11-4-5-21-9-11)13-7-12(18(19)20)2-3-14(13)17-10/h2-7,9H,8H2,1H3,(H,16,17). The fourth-order valence-electron chi connectivity index (χ4n) is 2.20. The third kappa shape index (κ3) is 2.85. The first kappa shape index (κ1) is 13.5. The van der Waals surface area contributed by atoms with E-state index in [1.807, 2.05) is 18.4 Å². The average Bonchev–Trinajstić information content (AvgIpc) is 2.97. The third-order valence-electron chi connectivity index (χ3n) is 3.19. The fourth-order valence-corrected chi connectivity index (χ4v) is 2.87. The maximum Gasteiger partial charge on any atom is 0.270 e. The molecule has 0 amide bonds. The van der Waals surface area contributed by atoms with Gasteiger partial charge in [-0.2, -0.15) is 11.3 Å². The van der Waals surface area contributed by atoms with Crippen molar-refractivity contribution in [2.75, 3.05) is 5.32 Å². The summed E-state index contributed by atoms with van der Waals surface area (Å²) in [6.07, 6.45) is 0. The molecule has 0 aliphatic carbocycles. The van der Waals surface area contributed by atoms with Gasteiger partial charge in [0, 0.05) is 35.4 Å². The summed E-state index contributed by atoms with van der Waals surface area (Å²) in [4.78, 5) is 15.0. The van der Waals surface area contributed by atoms with Crippen molar-refractivity contribution in [1.29, 1.82) is 0 Å². The van der Waals surface area contributed by atoms with E-state index >= 15 is 0 Å². The van der Waals surface area contributed by atoms with Crippen LogP contribution in [0.2, 0.25) is 0 Å². The van der Waals surface area contributed by atoms with Gasteiger partial charge in [-0.15, -0.1) is 0 Å². The van der Waals surface area contributed by atoms with Crippen molar-refractivity contribution in [2.24, 2.45) is 0 Å². The number of fused-ring (bicyclic) bond motifs is 1. The third-order valence-corrected chi connectivity index (χ3v) is 3.93. The SMILES string of the molecule is Cc1cc(NCc2ccsc2)c2cc([N+](=O)[O-])ccc2n1. The number of thiophene rings is 1. The van der Waals surface area contributed by atoms with Crippen LogP contribution in [0.5, 0.6) is 0 Å². The van der Waals surface area contributed by atoms with Gasteiger partial charge in [-0.1, -0.05) is 0 Å². The van der Waals surface area contributed by atoms with Crippen LogP contribution in [-0.4, -0.2) is 9.91 Å². The summed E-state index contributed by atoms with van der Waals surface area (Å²) in [6, 6.07) is 8.71. The lowest BCUT2D eigenvalue weighted by Crippen LogP contribution is -2.01. The molecule has 3 aromatic rings. The predicted molar refractivity (Wildman–Crippen MR) is 84.8 cm³/mol. The number of aryl methyl sites for hydroxylation is 1. The van der Waals surface area contributed by atoms with Gasteiger partial charge in [-0.25, -0.2) is 0 Å². The smallest absolute Gasteiger partial charge is 0.270 e. The van der Waals surface area contributed by atoms with Gasteiger partial charge >= 0.3 is 0 Å². The molecule has 0 bridgehead atoms. The zero-order chi connectivity index (χ0) is 14.8. The Hall–Kier alpha value is -2.47. The Morgan fingerprint density at radius 2 is 2.19 bits per heavy atom. The van der Waals surface area contributed by atoms with Gasteiger partial charge in [0.2, 0.25) is 0 Å². The quantitative estimate of drug-likeness (QED) is 0.581. The summed E-state index contributed by atoms with van der Waals surface area (Å²) >= 11 is 1.65. The van der Waals surface area contributed by atoms with Crippen LogP contribution < -0.4 is 5.32 Å². The highest BCUT2D eigenvalue weighted by Gasteiger charge is 2.10. The van der Waals surface area contributed by atoms with Crippen LogP contribution >= 0.6 is 11.3 Å². The number of nitro groups is 1. The second-order valence-corrected chi connectivity index (χ2v) is 5.53. The maximum atomic E-state index is 10.9. The lowest BCUT2D eigenvalue weighted by molar-refractivity contribution is -0.384. The van der Waals surface area contributed by atoms with Crippen molar-refractivity contribution in [1.82, 2.24) is 4.98 Å². The number of aromatic nitrogens is 1. The molecule has 0 aliphatic heterocycles. The summed E-state index contributed by atoms with van der Waals surface area (Å²) in [5, 5.41) is 19.1. The average molecular weight is 299 g/mol. The molecule has 0 spiro atoms. The number of hydrogen-bond acceptors (Lipinski definition) is 5. The molecule has 1 aromatic carbocycles. The molecule has 3 rings (SSSR count). The van der Waals surface area contributed by atoms with Crippen molar-refractivity contribution < 1.29 is 4.92 Å². The van der Waals surface area contributed by atoms with Gasteiger partial charge in [-0.05, 0) is 41.4 Å². The van der Waals surface area contributed by atoms with E-state index in [4.69, 9.17) is 0 Å². The van der Waals surface area contributed by atoms with E-state index in [1.54, 1.807) is 23.5 Å². The molecule has 106 valence electrons. The van der Waals surface area contributed by atoms with E-state index in [1.165, 1.54) is 11.6 Å².